The first-order valence-corrected chi connectivity index (χ1v) is 10.1. The summed E-state index contributed by atoms with van der Waals surface area (Å²) >= 11 is 0. The molecule has 1 N–H and O–H groups in total. The lowest BCUT2D eigenvalue weighted by Crippen LogP contribution is -2.40. The quantitative estimate of drug-likeness (QED) is 0.755. The van der Waals surface area contributed by atoms with Gasteiger partial charge in [-0.2, -0.15) is 0 Å². The van der Waals surface area contributed by atoms with Crippen molar-refractivity contribution in [2.45, 2.75) is 58.1 Å². The molecule has 1 saturated heterocycles. The Hall–Kier alpha value is -1.79. The van der Waals surface area contributed by atoms with Gasteiger partial charge >= 0.3 is 0 Å². The summed E-state index contributed by atoms with van der Waals surface area (Å²) in [7, 11) is 0. The van der Waals surface area contributed by atoms with Crippen LogP contribution in [-0.4, -0.2) is 65.9 Å². The van der Waals surface area contributed by atoms with Crippen molar-refractivity contribution < 1.29 is 19.4 Å². The summed E-state index contributed by atoms with van der Waals surface area (Å²) in [5.74, 6) is 1.88. The molecule has 1 fully saturated rings. The molecule has 27 heavy (non-hydrogen) atoms. The number of likely N-dealkylation sites (tertiary alicyclic amines) is 1. The molecule has 3 rings (SSSR count). The number of nitrogens with zero attached hydrogens (tertiary/aromatic N) is 2. The highest BCUT2D eigenvalue weighted by molar-refractivity contribution is 5.76. The van der Waals surface area contributed by atoms with E-state index in [0.717, 1.165) is 37.4 Å². The maximum atomic E-state index is 12.3. The third-order valence-corrected chi connectivity index (χ3v) is 5.65. The monoisotopic (exact) mass is 376 g/mol. The zero-order chi connectivity index (χ0) is 19.2. The Morgan fingerprint density at radius 1 is 1.30 bits per heavy atom. The number of hydrogen-bond donors (Lipinski definition) is 1. The van der Waals surface area contributed by atoms with Crippen LogP contribution >= 0.6 is 0 Å². The highest BCUT2D eigenvalue weighted by atomic mass is 16.7. The molecule has 0 saturated carbocycles. The SMILES string of the molecule is CCN(CCCC(=O)N1CCC(O)CC1)C(C)Cc1ccc2c(c1)OCO2. The van der Waals surface area contributed by atoms with Crippen molar-refractivity contribution >= 4 is 5.91 Å². The largest absolute Gasteiger partial charge is 0.454 e. The predicted octanol–water partition coefficient (Wildman–Crippen LogP) is 2.43. The van der Waals surface area contributed by atoms with Crippen LogP contribution in [0.3, 0.4) is 0 Å². The van der Waals surface area contributed by atoms with Gasteiger partial charge in [-0.25, -0.2) is 0 Å². The third-order valence-electron chi connectivity index (χ3n) is 5.65. The third kappa shape index (κ3) is 5.36. The van der Waals surface area contributed by atoms with Crippen LogP contribution in [-0.2, 0) is 11.2 Å². The summed E-state index contributed by atoms with van der Waals surface area (Å²) in [6.45, 7) is 7.99. The predicted molar refractivity (Wildman–Crippen MR) is 104 cm³/mol. The molecule has 1 atom stereocenters. The molecule has 150 valence electrons. The van der Waals surface area contributed by atoms with Crippen molar-refractivity contribution in [3.8, 4) is 11.5 Å². The minimum atomic E-state index is -0.235. The minimum absolute atomic E-state index is 0.223. The highest BCUT2D eigenvalue weighted by Crippen LogP contribution is 2.33. The van der Waals surface area contributed by atoms with Crippen LogP contribution in [0.5, 0.6) is 11.5 Å². The standard InChI is InChI=1S/C21H32N2O4/c1-3-22(10-4-5-21(25)23-11-8-18(24)9-12-23)16(2)13-17-6-7-19-20(14-17)27-15-26-19/h6-7,14,16,18,24H,3-5,8-13,15H2,1-2H3. The average Bonchev–Trinajstić information content (AvgIpc) is 3.13. The maximum absolute atomic E-state index is 12.3. The van der Waals surface area contributed by atoms with Crippen molar-refractivity contribution in [1.82, 2.24) is 9.80 Å². The van der Waals surface area contributed by atoms with E-state index in [1.807, 2.05) is 11.0 Å². The molecule has 0 radical (unpaired) electrons. The molecule has 6 heteroatoms. The molecule has 2 aliphatic heterocycles. The van der Waals surface area contributed by atoms with Crippen molar-refractivity contribution in [3.63, 3.8) is 0 Å². The second-order valence-electron chi connectivity index (χ2n) is 7.58. The van der Waals surface area contributed by atoms with Crippen molar-refractivity contribution in [3.05, 3.63) is 23.8 Å². The van der Waals surface area contributed by atoms with Crippen LogP contribution in [0.4, 0.5) is 0 Å². The Kier molecular flexibility index (Phi) is 6.96. The van der Waals surface area contributed by atoms with Gasteiger partial charge in [-0.05, 0) is 63.4 Å². The maximum Gasteiger partial charge on any atom is 0.231 e. The number of carbonyl (C=O) groups excluding carboxylic acids is 1. The molecular weight excluding hydrogens is 344 g/mol. The number of likely N-dealkylation sites (N-methyl/N-ethyl adjacent to an activating group) is 1. The van der Waals surface area contributed by atoms with E-state index in [1.165, 1.54) is 5.56 Å². The molecular formula is C21H32N2O4. The molecule has 0 bridgehead atoms. The van der Waals surface area contributed by atoms with Gasteiger partial charge in [-0.1, -0.05) is 13.0 Å². The number of aliphatic hydroxyl groups is 1. The van der Waals surface area contributed by atoms with E-state index in [9.17, 15) is 9.90 Å². The number of hydrogen-bond acceptors (Lipinski definition) is 5. The van der Waals surface area contributed by atoms with Crippen LogP contribution in [0.2, 0.25) is 0 Å². The number of piperidine rings is 1. The summed E-state index contributed by atoms with van der Waals surface area (Å²) in [6.07, 6.45) is 3.59. The van der Waals surface area contributed by atoms with Gasteiger partial charge in [0.15, 0.2) is 11.5 Å². The molecule has 2 heterocycles. The second-order valence-corrected chi connectivity index (χ2v) is 7.58. The molecule has 0 aromatic heterocycles. The first kappa shape index (κ1) is 20.0. The lowest BCUT2D eigenvalue weighted by molar-refractivity contribution is -0.133. The van der Waals surface area contributed by atoms with Gasteiger partial charge in [0.1, 0.15) is 0 Å². The average molecular weight is 376 g/mol. The molecule has 1 amide bonds. The fourth-order valence-electron chi connectivity index (χ4n) is 3.94. The van der Waals surface area contributed by atoms with E-state index in [4.69, 9.17) is 9.47 Å². The Morgan fingerprint density at radius 3 is 2.78 bits per heavy atom. The summed E-state index contributed by atoms with van der Waals surface area (Å²) in [5, 5.41) is 9.56. The normalized spacial score (nSPS) is 18.1. The lowest BCUT2D eigenvalue weighted by atomic mass is 10.0. The van der Waals surface area contributed by atoms with Gasteiger partial charge in [0, 0.05) is 25.6 Å². The van der Waals surface area contributed by atoms with Crippen LogP contribution in [0.15, 0.2) is 18.2 Å². The van der Waals surface area contributed by atoms with Gasteiger partial charge in [-0.3, -0.25) is 4.79 Å². The highest BCUT2D eigenvalue weighted by Gasteiger charge is 2.21. The number of rotatable bonds is 8. The van der Waals surface area contributed by atoms with Gasteiger partial charge in [0.2, 0.25) is 12.7 Å². The zero-order valence-corrected chi connectivity index (χ0v) is 16.5. The molecule has 1 aromatic carbocycles. The van der Waals surface area contributed by atoms with Crippen LogP contribution in [0, 0.1) is 0 Å². The molecule has 1 aromatic rings. The summed E-state index contributed by atoms with van der Waals surface area (Å²) in [5.41, 5.74) is 1.24. The van der Waals surface area contributed by atoms with Crippen LogP contribution in [0.1, 0.15) is 45.1 Å². The van der Waals surface area contributed by atoms with Gasteiger partial charge in [0.05, 0.1) is 6.10 Å². The van der Waals surface area contributed by atoms with Crippen LogP contribution < -0.4 is 9.47 Å². The topological polar surface area (TPSA) is 62.2 Å². The number of ether oxygens (including phenoxy) is 2. The summed E-state index contributed by atoms with van der Waals surface area (Å²) in [4.78, 5) is 16.7. The number of carbonyl (C=O) groups is 1. The van der Waals surface area contributed by atoms with E-state index in [0.29, 0.717) is 45.2 Å². The number of amides is 1. The van der Waals surface area contributed by atoms with Gasteiger partial charge < -0.3 is 24.4 Å². The van der Waals surface area contributed by atoms with Crippen LogP contribution in [0.25, 0.3) is 0 Å². The summed E-state index contributed by atoms with van der Waals surface area (Å²) in [6, 6.07) is 6.55. The number of benzene rings is 1. The Labute approximate surface area is 162 Å². The van der Waals surface area contributed by atoms with E-state index in [-0.39, 0.29) is 12.0 Å². The van der Waals surface area contributed by atoms with E-state index in [2.05, 4.69) is 30.9 Å². The lowest BCUT2D eigenvalue weighted by Gasteiger charge is -2.31. The fraction of sp³-hybridized carbons (Fsp3) is 0.667. The zero-order valence-electron chi connectivity index (χ0n) is 16.5. The van der Waals surface area contributed by atoms with E-state index >= 15 is 0 Å². The molecule has 1 unspecified atom stereocenters. The molecule has 0 spiro atoms. The Bertz CT molecular complexity index is 629. The smallest absolute Gasteiger partial charge is 0.231 e. The molecule has 6 nitrogen and oxygen atoms in total. The second kappa shape index (κ2) is 9.42. The van der Waals surface area contributed by atoms with Crippen molar-refractivity contribution in [2.75, 3.05) is 33.0 Å². The van der Waals surface area contributed by atoms with E-state index < -0.39 is 0 Å². The first-order chi connectivity index (χ1) is 13.1. The van der Waals surface area contributed by atoms with Gasteiger partial charge in [-0.15, -0.1) is 0 Å². The summed E-state index contributed by atoms with van der Waals surface area (Å²) < 4.78 is 10.8. The van der Waals surface area contributed by atoms with Crippen molar-refractivity contribution in [1.29, 1.82) is 0 Å². The van der Waals surface area contributed by atoms with Gasteiger partial charge in [0.25, 0.3) is 0 Å². The van der Waals surface area contributed by atoms with Crippen molar-refractivity contribution in [2.24, 2.45) is 0 Å². The Balaban J connectivity index is 1.43. The fourth-order valence-corrected chi connectivity index (χ4v) is 3.94. The minimum Gasteiger partial charge on any atom is -0.454 e. The number of aliphatic hydroxyl groups excluding tert-OH is 1. The number of fused-ring (bicyclic) bond motifs is 1. The molecule has 2 aliphatic rings. The Morgan fingerprint density at radius 2 is 2.04 bits per heavy atom. The van der Waals surface area contributed by atoms with E-state index in [1.54, 1.807) is 0 Å². The first-order valence-electron chi connectivity index (χ1n) is 10.1. The molecule has 0 aliphatic carbocycles.